The molecule has 2 N–H and O–H groups in total. The van der Waals surface area contributed by atoms with E-state index in [0.717, 1.165) is 24.8 Å². The molecule has 1 aliphatic carbocycles. The van der Waals surface area contributed by atoms with Gasteiger partial charge in [-0.25, -0.2) is 0 Å². The summed E-state index contributed by atoms with van der Waals surface area (Å²) in [5, 5.41) is 12.5. The number of fused-ring (bicyclic) bond motifs is 1. The first-order valence-electron chi connectivity index (χ1n) is 6.54. The first kappa shape index (κ1) is 14.8. The zero-order chi connectivity index (χ0) is 13.8. The molecule has 0 radical (unpaired) electrons. The highest BCUT2D eigenvalue weighted by Crippen LogP contribution is 2.34. The molecule has 0 saturated heterocycles. The molecular formula is C14H19F2NOS. The van der Waals surface area contributed by atoms with Crippen LogP contribution in [-0.4, -0.2) is 23.5 Å². The average molecular weight is 287 g/mol. The van der Waals surface area contributed by atoms with Gasteiger partial charge in [0.15, 0.2) is 0 Å². The second-order valence-electron chi connectivity index (χ2n) is 4.93. The van der Waals surface area contributed by atoms with Crippen LogP contribution in [-0.2, 0) is 6.42 Å². The SMILES string of the molecule is CC(CO)NC1CCCc2cc(SC(F)F)ccc21. The summed E-state index contributed by atoms with van der Waals surface area (Å²) in [4.78, 5) is 0.629. The first-order valence-corrected chi connectivity index (χ1v) is 7.42. The Morgan fingerprint density at radius 3 is 2.95 bits per heavy atom. The van der Waals surface area contributed by atoms with Crippen LogP contribution in [0.4, 0.5) is 8.78 Å². The number of alkyl halides is 2. The molecule has 1 aromatic rings. The van der Waals surface area contributed by atoms with Gasteiger partial charge in [0.1, 0.15) is 0 Å². The number of rotatable bonds is 5. The number of hydrogen-bond donors (Lipinski definition) is 2. The Balaban J connectivity index is 2.16. The average Bonchev–Trinajstić information content (AvgIpc) is 2.38. The lowest BCUT2D eigenvalue weighted by Gasteiger charge is -2.29. The van der Waals surface area contributed by atoms with Crippen molar-refractivity contribution in [2.24, 2.45) is 0 Å². The van der Waals surface area contributed by atoms with Crippen molar-refractivity contribution in [2.45, 2.75) is 48.9 Å². The van der Waals surface area contributed by atoms with Crippen LogP contribution in [0, 0.1) is 0 Å². The summed E-state index contributed by atoms with van der Waals surface area (Å²) in [5.74, 6) is -2.37. The Labute approximate surface area is 116 Å². The lowest BCUT2D eigenvalue weighted by atomic mass is 9.87. The van der Waals surface area contributed by atoms with Crippen LogP contribution in [0.5, 0.6) is 0 Å². The summed E-state index contributed by atoms with van der Waals surface area (Å²) in [6.07, 6.45) is 3.02. The van der Waals surface area contributed by atoms with Gasteiger partial charge in [0, 0.05) is 17.0 Å². The minimum atomic E-state index is -2.37. The molecule has 0 amide bonds. The third-order valence-electron chi connectivity index (χ3n) is 3.41. The van der Waals surface area contributed by atoms with Gasteiger partial charge in [0.05, 0.1) is 6.61 Å². The fourth-order valence-electron chi connectivity index (χ4n) is 2.54. The van der Waals surface area contributed by atoms with Crippen LogP contribution in [0.2, 0.25) is 0 Å². The molecule has 5 heteroatoms. The van der Waals surface area contributed by atoms with Gasteiger partial charge in [0.25, 0.3) is 5.76 Å². The van der Waals surface area contributed by atoms with Gasteiger partial charge in [-0.15, -0.1) is 0 Å². The molecule has 0 spiro atoms. The van der Waals surface area contributed by atoms with Gasteiger partial charge in [0.2, 0.25) is 0 Å². The zero-order valence-electron chi connectivity index (χ0n) is 10.9. The molecule has 19 heavy (non-hydrogen) atoms. The summed E-state index contributed by atoms with van der Waals surface area (Å²) in [7, 11) is 0. The fraction of sp³-hybridized carbons (Fsp3) is 0.571. The molecule has 106 valence electrons. The normalized spacial score (nSPS) is 20.4. The maximum atomic E-state index is 12.4. The summed E-state index contributed by atoms with van der Waals surface area (Å²) < 4.78 is 24.7. The van der Waals surface area contributed by atoms with Gasteiger partial charge in [-0.2, -0.15) is 8.78 Å². The number of hydrogen-bond acceptors (Lipinski definition) is 3. The second kappa shape index (κ2) is 6.68. The first-order chi connectivity index (χ1) is 9.10. The maximum Gasteiger partial charge on any atom is 0.288 e. The van der Waals surface area contributed by atoms with Gasteiger partial charge < -0.3 is 10.4 Å². The minimum absolute atomic E-state index is 0.0473. The molecule has 2 unspecified atom stereocenters. The fourth-order valence-corrected chi connectivity index (χ4v) is 3.10. The van der Waals surface area contributed by atoms with E-state index in [0.29, 0.717) is 16.7 Å². The smallest absolute Gasteiger partial charge is 0.288 e. The van der Waals surface area contributed by atoms with Crippen molar-refractivity contribution in [3.8, 4) is 0 Å². The van der Waals surface area contributed by atoms with Gasteiger partial charge in [-0.05, 0) is 49.4 Å². The monoisotopic (exact) mass is 287 g/mol. The molecule has 1 aromatic carbocycles. The Hall–Kier alpha value is -0.650. The van der Waals surface area contributed by atoms with Crippen LogP contribution in [0.15, 0.2) is 23.1 Å². The van der Waals surface area contributed by atoms with Crippen LogP contribution >= 0.6 is 11.8 Å². The number of aliphatic hydroxyl groups excluding tert-OH is 1. The number of thioether (sulfide) groups is 1. The number of halogens is 2. The van der Waals surface area contributed by atoms with Gasteiger partial charge in [-0.3, -0.25) is 0 Å². The highest BCUT2D eigenvalue weighted by Gasteiger charge is 2.21. The second-order valence-corrected chi connectivity index (χ2v) is 6.00. The quantitative estimate of drug-likeness (QED) is 0.815. The largest absolute Gasteiger partial charge is 0.395 e. The van der Waals surface area contributed by atoms with Crippen molar-refractivity contribution < 1.29 is 13.9 Å². The van der Waals surface area contributed by atoms with E-state index in [-0.39, 0.29) is 18.7 Å². The van der Waals surface area contributed by atoms with Crippen molar-refractivity contribution >= 4 is 11.8 Å². The van der Waals surface area contributed by atoms with Crippen molar-refractivity contribution in [3.63, 3.8) is 0 Å². The topological polar surface area (TPSA) is 32.3 Å². The summed E-state index contributed by atoms with van der Waals surface area (Å²) in [5.41, 5.74) is 2.34. The molecular weight excluding hydrogens is 268 g/mol. The molecule has 2 atom stereocenters. The molecule has 0 bridgehead atoms. The zero-order valence-corrected chi connectivity index (χ0v) is 11.7. The highest BCUT2D eigenvalue weighted by atomic mass is 32.2. The van der Waals surface area contributed by atoms with Crippen molar-refractivity contribution in [3.05, 3.63) is 29.3 Å². The Morgan fingerprint density at radius 1 is 1.47 bits per heavy atom. The van der Waals surface area contributed by atoms with E-state index in [4.69, 9.17) is 5.11 Å². The number of nitrogens with one attached hydrogen (secondary N) is 1. The van der Waals surface area contributed by atoms with Crippen LogP contribution in [0.1, 0.15) is 36.9 Å². The van der Waals surface area contributed by atoms with E-state index in [9.17, 15) is 8.78 Å². The molecule has 1 aliphatic rings. The highest BCUT2D eigenvalue weighted by molar-refractivity contribution is 7.99. The predicted molar refractivity (Wildman–Crippen MR) is 73.7 cm³/mol. The molecule has 0 fully saturated rings. The van der Waals surface area contributed by atoms with Crippen molar-refractivity contribution in [2.75, 3.05) is 6.61 Å². The van der Waals surface area contributed by atoms with Crippen molar-refractivity contribution in [1.82, 2.24) is 5.32 Å². The molecule has 0 aromatic heterocycles. The Morgan fingerprint density at radius 2 is 2.26 bits per heavy atom. The van der Waals surface area contributed by atoms with Gasteiger partial charge in [-0.1, -0.05) is 17.8 Å². The van der Waals surface area contributed by atoms with Gasteiger partial charge >= 0.3 is 0 Å². The predicted octanol–water partition coefficient (Wildman–Crippen LogP) is 3.35. The minimum Gasteiger partial charge on any atom is -0.395 e. The molecule has 0 saturated carbocycles. The van der Waals surface area contributed by atoms with E-state index in [1.165, 1.54) is 5.56 Å². The number of aryl methyl sites for hydroxylation is 1. The Bertz CT molecular complexity index is 428. The summed E-state index contributed by atoms with van der Waals surface area (Å²) in [6, 6.07) is 5.85. The third-order valence-corrected chi connectivity index (χ3v) is 4.12. The maximum absolute atomic E-state index is 12.4. The standard InChI is InChI=1S/C14H19F2NOS/c1-9(8-18)17-13-4-2-3-10-7-11(19-14(15)16)5-6-12(10)13/h5-7,9,13-14,17-18H,2-4,8H2,1H3. The van der Waals surface area contributed by atoms with E-state index >= 15 is 0 Å². The lowest BCUT2D eigenvalue weighted by Crippen LogP contribution is -2.34. The Kier molecular flexibility index (Phi) is 5.19. The third kappa shape index (κ3) is 3.91. The number of aliphatic hydroxyl groups is 1. The molecule has 0 aliphatic heterocycles. The van der Waals surface area contributed by atoms with E-state index in [1.54, 1.807) is 6.07 Å². The molecule has 2 rings (SSSR count). The number of benzene rings is 1. The molecule has 2 nitrogen and oxygen atoms in total. The summed E-state index contributed by atoms with van der Waals surface area (Å²) >= 11 is 0.597. The molecule has 0 heterocycles. The van der Waals surface area contributed by atoms with Crippen LogP contribution < -0.4 is 5.32 Å². The van der Waals surface area contributed by atoms with Crippen LogP contribution in [0.3, 0.4) is 0 Å². The van der Waals surface area contributed by atoms with Crippen molar-refractivity contribution in [1.29, 1.82) is 0 Å². The van der Waals surface area contributed by atoms with Crippen LogP contribution in [0.25, 0.3) is 0 Å². The van der Waals surface area contributed by atoms with E-state index in [2.05, 4.69) is 5.32 Å². The summed E-state index contributed by atoms with van der Waals surface area (Å²) in [6.45, 7) is 2.04. The van der Waals surface area contributed by atoms with E-state index in [1.807, 2.05) is 19.1 Å². The lowest BCUT2D eigenvalue weighted by molar-refractivity contribution is 0.236. The van der Waals surface area contributed by atoms with E-state index < -0.39 is 5.76 Å².